The van der Waals surface area contributed by atoms with Gasteiger partial charge in [0.1, 0.15) is 5.76 Å². The molecule has 0 bridgehead atoms. The quantitative estimate of drug-likeness (QED) is 0.430. The predicted molar refractivity (Wildman–Crippen MR) is 101 cm³/mol. The number of rotatable bonds is 8. The van der Waals surface area contributed by atoms with Crippen molar-refractivity contribution in [1.82, 2.24) is 15.5 Å². The summed E-state index contributed by atoms with van der Waals surface area (Å²) in [7, 11) is 1.71. The second-order valence-corrected chi connectivity index (χ2v) is 6.62. The van der Waals surface area contributed by atoms with E-state index in [0.717, 1.165) is 70.0 Å². The minimum Gasteiger partial charge on any atom is -0.469 e. The highest BCUT2D eigenvalue weighted by atomic mass is 16.3. The Balaban J connectivity index is 1.83. The first kappa shape index (κ1) is 19.3. The van der Waals surface area contributed by atoms with Crippen LogP contribution in [0.4, 0.5) is 0 Å². The summed E-state index contributed by atoms with van der Waals surface area (Å²) in [5, 5.41) is 6.21. The molecular formula is C19H32N4O2. The zero-order valence-corrected chi connectivity index (χ0v) is 15.6. The van der Waals surface area contributed by atoms with Crippen molar-refractivity contribution in [3.8, 4) is 0 Å². The van der Waals surface area contributed by atoms with Gasteiger partial charge in [0, 0.05) is 46.1 Å². The summed E-state index contributed by atoms with van der Waals surface area (Å²) in [6.45, 7) is 5.78. The van der Waals surface area contributed by atoms with Gasteiger partial charge in [-0.15, -0.1) is 0 Å². The first-order chi connectivity index (χ1) is 12.2. The maximum atomic E-state index is 11.6. The summed E-state index contributed by atoms with van der Waals surface area (Å²) in [5.41, 5.74) is 0. The molecule has 25 heavy (non-hydrogen) atoms. The number of piperidine rings is 1. The summed E-state index contributed by atoms with van der Waals surface area (Å²) in [4.78, 5) is 18.7. The largest absolute Gasteiger partial charge is 0.469 e. The van der Waals surface area contributed by atoms with Gasteiger partial charge in [-0.1, -0.05) is 13.3 Å². The lowest BCUT2D eigenvalue weighted by Crippen LogP contribution is -2.46. The number of aliphatic imine (C=N–C) groups is 1. The van der Waals surface area contributed by atoms with Crippen LogP contribution < -0.4 is 10.6 Å². The van der Waals surface area contributed by atoms with Gasteiger partial charge >= 0.3 is 0 Å². The minimum atomic E-state index is 0.145. The van der Waals surface area contributed by atoms with E-state index in [-0.39, 0.29) is 5.91 Å². The molecule has 0 aromatic carbocycles. The summed E-state index contributed by atoms with van der Waals surface area (Å²) in [5.74, 6) is 2.62. The summed E-state index contributed by atoms with van der Waals surface area (Å²) in [6.07, 6.45) is 7.54. The van der Waals surface area contributed by atoms with Gasteiger partial charge in [0.25, 0.3) is 0 Å². The molecule has 2 rings (SSSR count). The molecule has 1 fully saturated rings. The average molecular weight is 348 g/mol. The van der Waals surface area contributed by atoms with E-state index in [0.29, 0.717) is 12.3 Å². The van der Waals surface area contributed by atoms with E-state index in [4.69, 9.17) is 9.41 Å². The average Bonchev–Trinajstić information content (AvgIpc) is 3.14. The SMILES string of the molecule is CCCCN=C(NCCc1ccco1)N1CCC(CC(=O)NC)CC1. The summed E-state index contributed by atoms with van der Waals surface area (Å²) >= 11 is 0. The van der Waals surface area contributed by atoms with Gasteiger partial charge in [0.15, 0.2) is 5.96 Å². The van der Waals surface area contributed by atoms with Crippen LogP contribution in [0.25, 0.3) is 0 Å². The molecule has 1 aromatic rings. The normalized spacial score (nSPS) is 16.1. The van der Waals surface area contributed by atoms with Crippen molar-refractivity contribution in [2.45, 2.75) is 45.4 Å². The summed E-state index contributed by atoms with van der Waals surface area (Å²) in [6, 6.07) is 3.92. The number of guanidine groups is 1. The van der Waals surface area contributed by atoms with E-state index >= 15 is 0 Å². The Labute approximate surface area is 151 Å². The number of carbonyl (C=O) groups is 1. The Morgan fingerprint density at radius 3 is 2.84 bits per heavy atom. The van der Waals surface area contributed by atoms with Gasteiger partial charge in [0.05, 0.1) is 6.26 Å². The summed E-state index contributed by atoms with van der Waals surface area (Å²) < 4.78 is 5.39. The molecule has 0 spiro atoms. The first-order valence-electron chi connectivity index (χ1n) is 9.49. The molecule has 1 amide bonds. The van der Waals surface area contributed by atoms with E-state index in [2.05, 4.69) is 22.5 Å². The molecule has 0 saturated carbocycles. The van der Waals surface area contributed by atoms with Crippen LogP contribution in [0.15, 0.2) is 27.8 Å². The lowest BCUT2D eigenvalue weighted by Gasteiger charge is -2.34. The molecule has 6 nitrogen and oxygen atoms in total. The van der Waals surface area contributed by atoms with Crippen molar-refractivity contribution in [2.24, 2.45) is 10.9 Å². The Kier molecular flexibility index (Phi) is 8.35. The number of nitrogens with one attached hydrogen (secondary N) is 2. The van der Waals surface area contributed by atoms with Gasteiger partial charge in [0.2, 0.25) is 5.91 Å². The molecule has 0 unspecified atom stereocenters. The number of nitrogens with zero attached hydrogens (tertiary/aromatic N) is 2. The van der Waals surface area contributed by atoms with Crippen molar-refractivity contribution in [3.63, 3.8) is 0 Å². The van der Waals surface area contributed by atoms with E-state index in [1.807, 2.05) is 12.1 Å². The topological polar surface area (TPSA) is 69.9 Å². The number of carbonyl (C=O) groups excluding carboxylic acids is 1. The monoisotopic (exact) mass is 348 g/mol. The lowest BCUT2D eigenvalue weighted by molar-refractivity contribution is -0.121. The van der Waals surface area contributed by atoms with Crippen molar-refractivity contribution in [2.75, 3.05) is 33.2 Å². The molecule has 0 radical (unpaired) electrons. The molecule has 1 aromatic heterocycles. The number of amides is 1. The molecule has 6 heteroatoms. The van der Waals surface area contributed by atoms with Crippen molar-refractivity contribution >= 4 is 11.9 Å². The smallest absolute Gasteiger partial charge is 0.220 e. The molecular weight excluding hydrogens is 316 g/mol. The van der Waals surface area contributed by atoms with Crippen molar-refractivity contribution < 1.29 is 9.21 Å². The van der Waals surface area contributed by atoms with Gasteiger partial charge in [-0.2, -0.15) is 0 Å². The molecule has 2 N–H and O–H groups in total. The van der Waals surface area contributed by atoms with Crippen LogP contribution in [0, 0.1) is 5.92 Å². The van der Waals surface area contributed by atoms with Crippen molar-refractivity contribution in [3.05, 3.63) is 24.2 Å². The first-order valence-corrected chi connectivity index (χ1v) is 9.49. The lowest BCUT2D eigenvalue weighted by atomic mass is 9.93. The Morgan fingerprint density at radius 2 is 2.20 bits per heavy atom. The van der Waals surface area contributed by atoms with Gasteiger partial charge in [-0.25, -0.2) is 0 Å². The van der Waals surface area contributed by atoms with E-state index < -0.39 is 0 Å². The van der Waals surface area contributed by atoms with Crippen LogP contribution in [0.3, 0.4) is 0 Å². The minimum absolute atomic E-state index is 0.145. The van der Waals surface area contributed by atoms with Gasteiger partial charge in [-0.05, 0) is 37.3 Å². The fourth-order valence-electron chi connectivity index (χ4n) is 3.08. The van der Waals surface area contributed by atoms with Crippen LogP contribution in [0.2, 0.25) is 0 Å². The van der Waals surface area contributed by atoms with Gasteiger partial charge in [-0.3, -0.25) is 9.79 Å². The second-order valence-electron chi connectivity index (χ2n) is 6.62. The van der Waals surface area contributed by atoms with Crippen LogP contribution in [0.1, 0.15) is 44.8 Å². The Bertz CT molecular complexity index is 520. The maximum absolute atomic E-state index is 11.6. The Morgan fingerprint density at radius 1 is 1.40 bits per heavy atom. The number of hydrogen-bond acceptors (Lipinski definition) is 3. The number of unbranched alkanes of at least 4 members (excludes halogenated alkanes) is 1. The third-order valence-corrected chi connectivity index (χ3v) is 4.67. The fraction of sp³-hybridized carbons (Fsp3) is 0.684. The molecule has 0 atom stereocenters. The zero-order valence-electron chi connectivity index (χ0n) is 15.6. The highest BCUT2D eigenvalue weighted by Crippen LogP contribution is 2.20. The Hall–Kier alpha value is -1.98. The van der Waals surface area contributed by atoms with Crippen molar-refractivity contribution in [1.29, 1.82) is 0 Å². The second kappa shape index (κ2) is 10.8. The van der Waals surface area contributed by atoms with Crippen LogP contribution >= 0.6 is 0 Å². The molecule has 0 aliphatic carbocycles. The highest BCUT2D eigenvalue weighted by Gasteiger charge is 2.23. The van der Waals surface area contributed by atoms with E-state index in [1.165, 1.54) is 0 Å². The molecule has 1 saturated heterocycles. The van der Waals surface area contributed by atoms with Crippen LogP contribution in [0.5, 0.6) is 0 Å². The van der Waals surface area contributed by atoms with E-state index in [9.17, 15) is 4.79 Å². The number of furan rings is 1. The van der Waals surface area contributed by atoms with Crippen LogP contribution in [-0.2, 0) is 11.2 Å². The predicted octanol–water partition coefficient (Wildman–Crippen LogP) is 2.42. The van der Waals surface area contributed by atoms with E-state index in [1.54, 1.807) is 13.3 Å². The number of hydrogen-bond donors (Lipinski definition) is 2. The standard InChI is InChI=1S/C19H32N4O2/c1-3-4-10-21-19(22-11-7-17-6-5-14-25-17)23-12-8-16(9-13-23)15-18(24)20-2/h5-6,14,16H,3-4,7-13,15H2,1-2H3,(H,20,24)(H,21,22). The molecule has 1 aliphatic rings. The third kappa shape index (κ3) is 6.80. The van der Waals surface area contributed by atoms with Gasteiger partial charge < -0.3 is 20.0 Å². The third-order valence-electron chi connectivity index (χ3n) is 4.67. The number of likely N-dealkylation sites (tertiary alicyclic amines) is 1. The fourth-order valence-corrected chi connectivity index (χ4v) is 3.08. The molecule has 1 aliphatic heterocycles. The maximum Gasteiger partial charge on any atom is 0.220 e. The highest BCUT2D eigenvalue weighted by molar-refractivity contribution is 5.80. The zero-order chi connectivity index (χ0) is 17.9. The molecule has 140 valence electrons. The molecule has 2 heterocycles. The van der Waals surface area contributed by atoms with Crippen LogP contribution in [-0.4, -0.2) is 50.0 Å².